The number of pyridine rings is 1. The second kappa shape index (κ2) is 6.39. The molecule has 1 aromatic carbocycles. The number of aromatic amines is 1. The number of hydrogen-bond donors (Lipinski definition) is 3. The van der Waals surface area contributed by atoms with Gasteiger partial charge < -0.3 is 16.0 Å². The summed E-state index contributed by atoms with van der Waals surface area (Å²) in [6, 6.07) is 11.2. The summed E-state index contributed by atoms with van der Waals surface area (Å²) in [6.07, 6.45) is 3.89. The van der Waals surface area contributed by atoms with Gasteiger partial charge in [-0.25, -0.2) is 0 Å². The minimum atomic E-state index is -1.06. The Morgan fingerprint density at radius 2 is 1.92 bits per heavy atom. The van der Waals surface area contributed by atoms with Gasteiger partial charge in [0.25, 0.3) is 5.91 Å². The third-order valence-electron chi connectivity index (χ3n) is 4.51. The van der Waals surface area contributed by atoms with Gasteiger partial charge in [-0.2, -0.15) is 0 Å². The van der Waals surface area contributed by atoms with Crippen LogP contribution in [0.25, 0.3) is 22.2 Å². The van der Waals surface area contributed by atoms with Gasteiger partial charge in [0.2, 0.25) is 5.91 Å². The molecule has 0 aliphatic rings. The average Bonchev–Trinajstić information content (AvgIpc) is 3.05. The lowest BCUT2D eigenvalue weighted by Gasteiger charge is -2.25. The van der Waals surface area contributed by atoms with Crippen molar-refractivity contribution in [1.82, 2.24) is 15.3 Å². The van der Waals surface area contributed by atoms with Crippen molar-refractivity contribution in [3.05, 3.63) is 54.4 Å². The van der Waals surface area contributed by atoms with Gasteiger partial charge in [-0.3, -0.25) is 14.6 Å². The summed E-state index contributed by atoms with van der Waals surface area (Å²) >= 11 is 0. The van der Waals surface area contributed by atoms with Gasteiger partial charge in [0.05, 0.1) is 0 Å². The molecule has 128 valence electrons. The van der Waals surface area contributed by atoms with Crippen LogP contribution in [0.2, 0.25) is 0 Å². The highest BCUT2D eigenvalue weighted by Crippen LogP contribution is 2.24. The zero-order valence-corrected chi connectivity index (χ0v) is 14.2. The summed E-state index contributed by atoms with van der Waals surface area (Å²) in [5.74, 6) is -0.872. The van der Waals surface area contributed by atoms with E-state index in [4.69, 9.17) is 5.73 Å². The molecule has 0 bridgehead atoms. The maximum atomic E-state index is 12.5. The van der Waals surface area contributed by atoms with Gasteiger partial charge in [-0.05, 0) is 49.7 Å². The SMILES string of the molecule is CCC(C)(NC(=O)c1ccc2[nH]c(-c3ccncc3)cc2c1)C(N)=O. The maximum absolute atomic E-state index is 12.5. The number of primary amides is 1. The molecule has 0 saturated heterocycles. The fraction of sp³-hybridized carbons (Fsp3) is 0.211. The Hall–Kier alpha value is -3.15. The highest BCUT2D eigenvalue weighted by atomic mass is 16.2. The topological polar surface area (TPSA) is 101 Å². The Bertz CT molecular complexity index is 933. The number of benzene rings is 1. The lowest BCUT2D eigenvalue weighted by molar-refractivity contribution is -0.123. The minimum Gasteiger partial charge on any atom is -0.368 e. The first kappa shape index (κ1) is 16.7. The highest BCUT2D eigenvalue weighted by Gasteiger charge is 2.31. The van der Waals surface area contributed by atoms with E-state index in [2.05, 4.69) is 15.3 Å². The van der Waals surface area contributed by atoms with Crippen LogP contribution in [0, 0.1) is 0 Å². The Kier molecular flexibility index (Phi) is 4.27. The Morgan fingerprint density at radius 1 is 1.20 bits per heavy atom. The number of hydrogen-bond acceptors (Lipinski definition) is 3. The van der Waals surface area contributed by atoms with Crippen LogP contribution in [0.3, 0.4) is 0 Å². The van der Waals surface area contributed by atoms with E-state index in [1.54, 1.807) is 38.4 Å². The number of H-pyrrole nitrogens is 1. The number of carbonyl (C=O) groups is 2. The second-order valence-corrected chi connectivity index (χ2v) is 6.22. The molecule has 0 aliphatic carbocycles. The number of nitrogens with two attached hydrogens (primary N) is 1. The quantitative estimate of drug-likeness (QED) is 0.667. The molecule has 0 radical (unpaired) electrons. The molecule has 0 aliphatic heterocycles. The Labute approximate surface area is 145 Å². The Morgan fingerprint density at radius 3 is 2.56 bits per heavy atom. The van der Waals surface area contributed by atoms with Gasteiger partial charge in [-0.15, -0.1) is 0 Å². The molecule has 2 amide bonds. The van der Waals surface area contributed by atoms with Crippen LogP contribution in [0.4, 0.5) is 0 Å². The third-order valence-corrected chi connectivity index (χ3v) is 4.51. The molecular formula is C19H20N4O2. The van der Waals surface area contributed by atoms with E-state index in [1.165, 1.54) is 0 Å². The fourth-order valence-corrected chi connectivity index (χ4v) is 2.61. The molecule has 0 fully saturated rings. The normalized spacial score (nSPS) is 13.4. The van der Waals surface area contributed by atoms with E-state index in [-0.39, 0.29) is 5.91 Å². The van der Waals surface area contributed by atoms with Crippen LogP contribution in [-0.2, 0) is 4.79 Å². The standard InChI is InChI=1S/C19H20N4O2/c1-3-19(2,18(20)25)23-17(24)13-4-5-15-14(10-13)11-16(22-15)12-6-8-21-9-7-12/h4-11,22H,3H2,1-2H3,(H2,20,25)(H,23,24). The zero-order chi connectivity index (χ0) is 18.0. The summed E-state index contributed by atoms with van der Waals surface area (Å²) < 4.78 is 0. The van der Waals surface area contributed by atoms with E-state index in [0.29, 0.717) is 12.0 Å². The molecule has 25 heavy (non-hydrogen) atoms. The minimum absolute atomic E-state index is 0.322. The maximum Gasteiger partial charge on any atom is 0.252 e. The molecule has 2 heterocycles. The smallest absolute Gasteiger partial charge is 0.252 e. The van der Waals surface area contributed by atoms with Crippen molar-refractivity contribution < 1.29 is 9.59 Å². The van der Waals surface area contributed by atoms with Crippen molar-refractivity contribution in [3.8, 4) is 11.3 Å². The van der Waals surface area contributed by atoms with Gasteiger partial charge in [0, 0.05) is 40.1 Å². The summed E-state index contributed by atoms with van der Waals surface area (Å²) in [5.41, 5.74) is 7.71. The number of amides is 2. The molecule has 1 unspecified atom stereocenters. The lowest BCUT2D eigenvalue weighted by atomic mass is 9.97. The average molecular weight is 336 g/mol. The number of nitrogens with zero attached hydrogens (tertiary/aromatic N) is 1. The van der Waals surface area contributed by atoms with Gasteiger partial charge in [0.15, 0.2) is 0 Å². The lowest BCUT2D eigenvalue weighted by Crippen LogP contribution is -2.54. The van der Waals surface area contributed by atoms with Crippen LogP contribution < -0.4 is 11.1 Å². The molecular weight excluding hydrogens is 316 g/mol. The van der Waals surface area contributed by atoms with Crippen molar-refractivity contribution in [1.29, 1.82) is 0 Å². The largest absolute Gasteiger partial charge is 0.368 e. The van der Waals surface area contributed by atoms with Crippen LogP contribution >= 0.6 is 0 Å². The molecule has 4 N–H and O–H groups in total. The molecule has 3 aromatic rings. The number of rotatable bonds is 5. The van der Waals surface area contributed by atoms with Crippen molar-refractivity contribution in [2.45, 2.75) is 25.8 Å². The number of nitrogens with one attached hydrogen (secondary N) is 2. The molecule has 2 aromatic heterocycles. The summed E-state index contributed by atoms with van der Waals surface area (Å²) in [7, 11) is 0. The van der Waals surface area contributed by atoms with Crippen LogP contribution in [0.1, 0.15) is 30.6 Å². The zero-order valence-electron chi connectivity index (χ0n) is 14.2. The molecule has 0 spiro atoms. The first-order valence-corrected chi connectivity index (χ1v) is 8.08. The van der Waals surface area contributed by atoms with Crippen molar-refractivity contribution in [2.24, 2.45) is 5.73 Å². The van der Waals surface area contributed by atoms with Crippen molar-refractivity contribution in [2.75, 3.05) is 0 Å². The first-order chi connectivity index (χ1) is 11.9. The predicted molar refractivity (Wildman–Crippen MR) is 96.9 cm³/mol. The number of fused-ring (bicyclic) bond motifs is 1. The van der Waals surface area contributed by atoms with Gasteiger partial charge in [-0.1, -0.05) is 6.92 Å². The number of carbonyl (C=O) groups excluding carboxylic acids is 2. The van der Waals surface area contributed by atoms with Crippen LogP contribution in [0.15, 0.2) is 48.8 Å². The summed E-state index contributed by atoms with van der Waals surface area (Å²) in [5, 5.41) is 3.64. The highest BCUT2D eigenvalue weighted by molar-refractivity contribution is 6.01. The van der Waals surface area contributed by atoms with Crippen molar-refractivity contribution >= 4 is 22.7 Å². The van der Waals surface area contributed by atoms with Crippen LogP contribution in [0.5, 0.6) is 0 Å². The van der Waals surface area contributed by atoms with E-state index in [0.717, 1.165) is 22.2 Å². The molecule has 6 heteroatoms. The van der Waals surface area contributed by atoms with Gasteiger partial charge in [0.1, 0.15) is 5.54 Å². The molecule has 1 atom stereocenters. The predicted octanol–water partition coefficient (Wildman–Crippen LogP) is 2.61. The number of aromatic nitrogens is 2. The first-order valence-electron chi connectivity index (χ1n) is 8.08. The fourth-order valence-electron chi connectivity index (χ4n) is 2.61. The Balaban J connectivity index is 1.91. The summed E-state index contributed by atoms with van der Waals surface area (Å²) in [6.45, 7) is 3.44. The van der Waals surface area contributed by atoms with E-state index >= 15 is 0 Å². The van der Waals surface area contributed by atoms with Crippen molar-refractivity contribution in [3.63, 3.8) is 0 Å². The summed E-state index contributed by atoms with van der Waals surface area (Å²) in [4.78, 5) is 31.4. The molecule has 0 saturated carbocycles. The van der Waals surface area contributed by atoms with E-state index in [1.807, 2.05) is 24.3 Å². The van der Waals surface area contributed by atoms with Gasteiger partial charge >= 0.3 is 0 Å². The monoisotopic (exact) mass is 336 g/mol. The molecule has 6 nitrogen and oxygen atoms in total. The third kappa shape index (κ3) is 3.24. The van der Waals surface area contributed by atoms with E-state index in [9.17, 15) is 9.59 Å². The van der Waals surface area contributed by atoms with Crippen LogP contribution in [-0.4, -0.2) is 27.3 Å². The van der Waals surface area contributed by atoms with E-state index < -0.39 is 11.4 Å². The second-order valence-electron chi connectivity index (χ2n) is 6.22. The molecule has 3 rings (SSSR count).